The monoisotopic (exact) mass is 250 g/mol. The van der Waals surface area contributed by atoms with Gasteiger partial charge >= 0.3 is 0 Å². The molecular weight excluding hydrogens is 231 g/mol. The highest BCUT2D eigenvalue weighted by molar-refractivity contribution is 7.35. The summed E-state index contributed by atoms with van der Waals surface area (Å²) in [6.45, 7) is 2.70. The highest BCUT2D eigenvalue weighted by Crippen LogP contribution is 2.30. The van der Waals surface area contributed by atoms with Crippen molar-refractivity contribution in [2.24, 2.45) is 0 Å². The summed E-state index contributed by atoms with van der Waals surface area (Å²) in [7, 11) is 2.83. The van der Waals surface area contributed by atoms with Crippen LogP contribution in [0.25, 0.3) is 0 Å². The first kappa shape index (κ1) is 12.5. The topological polar surface area (TPSA) is 32.3 Å². The van der Waals surface area contributed by atoms with Gasteiger partial charge in [0.15, 0.2) is 0 Å². The third kappa shape index (κ3) is 3.27. The predicted molar refractivity (Wildman–Crippen MR) is 72.4 cm³/mol. The van der Waals surface area contributed by atoms with Gasteiger partial charge in [0.2, 0.25) is 5.91 Å². The van der Waals surface area contributed by atoms with Crippen LogP contribution < -0.4 is 5.32 Å². The Hall–Kier alpha value is -0.920. The highest BCUT2D eigenvalue weighted by atomic mass is 31.1. The Morgan fingerprint density at radius 1 is 1.47 bits per heavy atom. The minimum Gasteiger partial charge on any atom is -0.351 e. The molecule has 3 nitrogen and oxygen atoms in total. The van der Waals surface area contributed by atoms with Crippen LogP contribution in [0.15, 0.2) is 24.3 Å². The van der Waals surface area contributed by atoms with Gasteiger partial charge in [-0.3, -0.25) is 9.46 Å². The molecule has 0 aromatic heterocycles. The molecule has 0 aliphatic carbocycles. The first-order valence-corrected chi connectivity index (χ1v) is 7.12. The van der Waals surface area contributed by atoms with Crippen LogP contribution in [0.4, 0.5) is 0 Å². The third-order valence-electron chi connectivity index (χ3n) is 3.14. The van der Waals surface area contributed by atoms with Gasteiger partial charge < -0.3 is 5.32 Å². The summed E-state index contributed by atoms with van der Waals surface area (Å²) in [4.78, 5) is 11.9. The number of rotatable bonds is 3. The molecule has 1 saturated heterocycles. The second-order valence-electron chi connectivity index (χ2n) is 4.53. The number of carbonyl (C=O) groups excluding carboxylic acids is 1. The Kier molecular flexibility index (Phi) is 4.14. The summed E-state index contributed by atoms with van der Waals surface area (Å²) >= 11 is 0. The molecule has 2 unspecified atom stereocenters. The van der Waals surface area contributed by atoms with Crippen LogP contribution in [-0.4, -0.2) is 29.8 Å². The van der Waals surface area contributed by atoms with E-state index in [-0.39, 0.29) is 11.9 Å². The van der Waals surface area contributed by atoms with Crippen LogP contribution >= 0.6 is 8.73 Å². The summed E-state index contributed by atoms with van der Waals surface area (Å²) in [5.74, 6) is 0.165. The molecule has 2 rings (SSSR count). The molecule has 1 fully saturated rings. The van der Waals surface area contributed by atoms with E-state index in [1.165, 1.54) is 5.56 Å². The molecule has 2 atom stereocenters. The quantitative estimate of drug-likeness (QED) is 0.831. The van der Waals surface area contributed by atoms with Crippen molar-refractivity contribution in [2.45, 2.75) is 25.9 Å². The molecule has 0 radical (unpaired) electrons. The minimum absolute atomic E-state index is 0.0822. The van der Waals surface area contributed by atoms with Crippen LogP contribution in [0.3, 0.4) is 0 Å². The molecule has 1 amide bonds. The Balaban J connectivity index is 1.85. The molecular formula is C13H19N2OP. The Morgan fingerprint density at radius 2 is 2.18 bits per heavy atom. The SMILES string of the molecule is Cc1ccc(CNC(=O)C2CCPN2C)cc1. The summed E-state index contributed by atoms with van der Waals surface area (Å²) < 4.78 is 2.16. The van der Waals surface area contributed by atoms with Crippen molar-refractivity contribution < 1.29 is 4.79 Å². The number of carbonyl (C=O) groups is 1. The van der Waals surface area contributed by atoms with Crippen molar-refractivity contribution in [3.63, 3.8) is 0 Å². The van der Waals surface area contributed by atoms with Crippen molar-refractivity contribution in [1.29, 1.82) is 0 Å². The van der Waals surface area contributed by atoms with Crippen LogP contribution in [0.1, 0.15) is 17.5 Å². The van der Waals surface area contributed by atoms with Gasteiger partial charge in [0, 0.05) is 6.54 Å². The van der Waals surface area contributed by atoms with Crippen LogP contribution in [0.5, 0.6) is 0 Å². The number of nitrogens with zero attached hydrogens (tertiary/aromatic N) is 1. The van der Waals surface area contributed by atoms with Crippen LogP contribution in [0.2, 0.25) is 0 Å². The Bertz CT molecular complexity index is 391. The van der Waals surface area contributed by atoms with Gasteiger partial charge in [0.05, 0.1) is 6.04 Å². The predicted octanol–water partition coefficient (Wildman–Crippen LogP) is 1.91. The second-order valence-corrected chi connectivity index (χ2v) is 6.05. The van der Waals surface area contributed by atoms with E-state index in [0.29, 0.717) is 6.54 Å². The van der Waals surface area contributed by atoms with E-state index in [9.17, 15) is 4.79 Å². The molecule has 1 aliphatic rings. The van der Waals surface area contributed by atoms with Crippen LogP contribution in [-0.2, 0) is 11.3 Å². The number of nitrogens with one attached hydrogen (secondary N) is 1. The van der Waals surface area contributed by atoms with Crippen molar-refractivity contribution in [1.82, 2.24) is 9.99 Å². The maximum absolute atomic E-state index is 11.9. The van der Waals surface area contributed by atoms with Crippen molar-refractivity contribution in [3.05, 3.63) is 35.4 Å². The molecule has 1 aromatic carbocycles. The fourth-order valence-electron chi connectivity index (χ4n) is 2.00. The zero-order valence-corrected chi connectivity index (χ0v) is 11.4. The van der Waals surface area contributed by atoms with Gasteiger partial charge in [-0.25, -0.2) is 0 Å². The fraction of sp³-hybridized carbons (Fsp3) is 0.462. The van der Waals surface area contributed by atoms with E-state index >= 15 is 0 Å². The van der Waals surface area contributed by atoms with Gasteiger partial charge in [-0.1, -0.05) is 38.6 Å². The number of likely N-dealkylation sites (N-methyl/N-ethyl adjacent to an activating group) is 1. The average molecular weight is 250 g/mol. The second kappa shape index (κ2) is 5.61. The first-order valence-electron chi connectivity index (χ1n) is 5.96. The van der Waals surface area contributed by atoms with E-state index in [1.54, 1.807) is 0 Å². The molecule has 0 bridgehead atoms. The first-order chi connectivity index (χ1) is 8.16. The maximum atomic E-state index is 11.9. The molecule has 4 heteroatoms. The number of benzene rings is 1. The molecule has 0 saturated carbocycles. The van der Waals surface area contributed by atoms with Crippen molar-refractivity contribution in [2.75, 3.05) is 13.2 Å². The number of aryl methyl sites for hydroxylation is 1. The third-order valence-corrected chi connectivity index (χ3v) is 4.46. The normalized spacial score (nSPS) is 21.9. The molecule has 1 heterocycles. The van der Waals surface area contributed by atoms with Gasteiger partial charge in [-0.15, -0.1) is 0 Å². The van der Waals surface area contributed by atoms with E-state index in [0.717, 1.165) is 26.9 Å². The van der Waals surface area contributed by atoms with E-state index in [2.05, 4.69) is 41.2 Å². The Labute approximate surface area is 104 Å². The smallest absolute Gasteiger partial charge is 0.237 e. The maximum Gasteiger partial charge on any atom is 0.237 e. The van der Waals surface area contributed by atoms with Gasteiger partial charge in [0.25, 0.3) is 0 Å². The molecule has 17 heavy (non-hydrogen) atoms. The van der Waals surface area contributed by atoms with Gasteiger partial charge in [0.1, 0.15) is 0 Å². The van der Waals surface area contributed by atoms with E-state index in [4.69, 9.17) is 0 Å². The summed E-state index contributed by atoms with van der Waals surface area (Å²) in [5.41, 5.74) is 2.41. The molecule has 1 aromatic rings. The molecule has 1 N–H and O–H groups in total. The van der Waals surface area contributed by atoms with Crippen molar-refractivity contribution >= 4 is 14.6 Å². The number of hydrogen-bond acceptors (Lipinski definition) is 2. The van der Waals surface area contributed by atoms with E-state index < -0.39 is 0 Å². The van der Waals surface area contributed by atoms with Crippen molar-refractivity contribution in [3.8, 4) is 0 Å². The lowest BCUT2D eigenvalue weighted by Crippen LogP contribution is -2.39. The zero-order chi connectivity index (χ0) is 12.3. The largest absolute Gasteiger partial charge is 0.351 e. The summed E-state index contributed by atoms with van der Waals surface area (Å²) in [6, 6.07) is 8.36. The highest BCUT2D eigenvalue weighted by Gasteiger charge is 2.27. The van der Waals surface area contributed by atoms with Gasteiger partial charge in [-0.05, 0) is 32.1 Å². The van der Waals surface area contributed by atoms with E-state index in [1.807, 2.05) is 7.05 Å². The lowest BCUT2D eigenvalue weighted by molar-refractivity contribution is -0.124. The summed E-state index contributed by atoms with van der Waals surface area (Å²) in [6.07, 6.45) is 2.15. The van der Waals surface area contributed by atoms with Gasteiger partial charge in [-0.2, -0.15) is 0 Å². The molecule has 1 aliphatic heterocycles. The minimum atomic E-state index is 0.0822. The average Bonchev–Trinajstić information content (AvgIpc) is 2.74. The van der Waals surface area contributed by atoms with Crippen LogP contribution in [0, 0.1) is 6.92 Å². The number of hydrogen-bond donors (Lipinski definition) is 1. The molecule has 0 spiro atoms. The molecule has 92 valence electrons. The number of amides is 1. The fourth-order valence-corrected chi connectivity index (χ4v) is 3.22. The zero-order valence-electron chi connectivity index (χ0n) is 10.4. The lowest BCUT2D eigenvalue weighted by Gasteiger charge is -2.18. The summed E-state index contributed by atoms with van der Waals surface area (Å²) in [5, 5.41) is 3.01. The Morgan fingerprint density at radius 3 is 2.76 bits per heavy atom. The lowest BCUT2D eigenvalue weighted by atomic mass is 10.1. The standard InChI is InChI=1S/C13H19N2OP/c1-10-3-5-11(6-4-10)9-14-13(16)12-7-8-17-15(12)2/h3-6,12,17H,7-9H2,1-2H3,(H,14,16).